The lowest BCUT2D eigenvalue weighted by atomic mass is 10.1. The number of benzene rings is 2. The van der Waals surface area contributed by atoms with Gasteiger partial charge in [0.25, 0.3) is 0 Å². The highest BCUT2D eigenvalue weighted by molar-refractivity contribution is 5.49. The molecule has 1 unspecified atom stereocenters. The average molecular weight is 260 g/mol. The minimum Gasteiger partial charge on any atom is -0.508 e. The SMILES string of the molecule is N#CC(Nc1ccccc1F)c1cc(O)cc(F)c1. The number of nitrogens with one attached hydrogen (secondary N) is 1. The van der Waals surface area contributed by atoms with E-state index in [4.69, 9.17) is 5.26 Å². The number of phenolic OH excluding ortho intramolecular Hbond substituents is 1. The fourth-order valence-electron chi connectivity index (χ4n) is 1.69. The molecule has 2 aromatic rings. The maximum Gasteiger partial charge on any atom is 0.146 e. The fourth-order valence-corrected chi connectivity index (χ4v) is 1.69. The van der Waals surface area contributed by atoms with Crippen LogP contribution in [0.4, 0.5) is 14.5 Å². The van der Waals surface area contributed by atoms with Crippen LogP contribution in [0.15, 0.2) is 42.5 Å². The van der Waals surface area contributed by atoms with Crippen LogP contribution in [0.25, 0.3) is 0 Å². The standard InChI is InChI=1S/C14H10F2N2O/c15-10-5-9(6-11(19)7-10)14(8-17)18-13-4-2-1-3-12(13)16/h1-7,14,18-19H. The first kappa shape index (κ1) is 12.8. The Hall–Kier alpha value is -2.61. The summed E-state index contributed by atoms with van der Waals surface area (Å²) in [6, 6.07) is 10.1. The van der Waals surface area contributed by atoms with Crippen LogP contribution in [0.5, 0.6) is 5.75 Å². The van der Waals surface area contributed by atoms with Gasteiger partial charge in [-0.1, -0.05) is 12.1 Å². The molecular formula is C14H10F2N2O. The van der Waals surface area contributed by atoms with Crippen LogP contribution in [0.1, 0.15) is 11.6 Å². The average Bonchev–Trinajstić information content (AvgIpc) is 2.36. The first-order valence-corrected chi connectivity index (χ1v) is 5.50. The molecule has 2 rings (SSSR count). The third kappa shape index (κ3) is 2.99. The summed E-state index contributed by atoms with van der Waals surface area (Å²) in [6.45, 7) is 0. The van der Waals surface area contributed by atoms with Gasteiger partial charge in [-0.05, 0) is 29.8 Å². The zero-order chi connectivity index (χ0) is 13.8. The predicted octanol–water partition coefficient (Wildman–Crippen LogP) is 3.35. The van der Waals surface area contributed by atoms with Crippen molar-refractivity contribution in [2.24, 2.45) is 0 Å². The first-order chi connectivity index (χ1) is 9.10. The van der Waals surface area contributed by atoms with Gasteiger partial charge < -0.3 is 10.4 Å². The molecule has 0 aliphatic carbocycles. The molecule has 2 aromatic carbocycles. The van der Waals surface area contributed by atoms with Crippen molar-refractivity contribution in [3.8, 4) is 11.8 Å². The molecular weight excluding hydrogens is 250 g/mol. The van der Waals surface area contributed by atoms with E-state index in [2.05, 4.69) is 5.32 Å². The molecule has 0 bridgehead atoms. The number of rotatable bonds is 3. The molecule has 0 radical (unpaired) electrons. The van der Waals surface area contributed by atoms with Crippen molar-refractivity contribution in [3.63, 3.8) is 0 Å². The summed E-state index contributed by atoms with van der Waals surface area (Å²) < 4.78 is 26.6. The second-order valence-electron chi connectivity index (χ2n) is 3.93. The van der Waals surface area contributed by atoms with Gasteiger partial charge in [0.05, 0.1) is 11.8 Å². The number of aromatic hydroxyl groups is 1. The van der Waals surface area contributed by atoms with Gasteiger partial charge in [-0.25, -0.2) is 8.78 Å². The van der Waals surface area contributed by atoms with E-state index in [-0.39, 0.29) is 17.0 Å². The van der Waals surface area contributed by atoms with E-state index in [9.17, 15) is 13.9 Å². The highest BCUT2D eigenvalue weighted by atomic mass is 19.1. The number of anilines is 1. The van der Waals surface area contributed by atoms with Crippen molar-refractivity contribution in [3.05, 3.63) is 59.7 Å². The Morgan fingerprint density at radius 1 is 1.16 bits per heavy atom. The number of nitriles is 1. The molecule has 0 saturated carbocycles. The predicted molar refractivity (Wildman–Crippen MR) is 66.4 cm³/mol. The van der Waals surface area contributed by atoms with E-state index in [0.29, 0.717) is 0 Å². The highest BCUT2D eigenvalue weighted by Crippen LogP contribution is 2.24. The van der Waals surface area contributed by atoms with Crippen LogP contribution in [-0.2, 0) is 0 Å². The third-order valence-electron chi connectivity index (χ3n) is 2.54. The molecule has 0 saturated heterocycles. The van der Waals surface area contributed by atoms with Crippen LogP contribution in [0.2, 0.25) is 0 Å². The number of halogens is 2. The molecule has 96 valence electrons. The number of para-hydroxylation sites is 1. The second kappa shape index (κ2) is 5.36. The Bertz CT molecular complexity index is 617. The summed E-state index contributed by atoms with van der Waals surface area (Å²) in [5, 5.41) is 21.0. The largest absolute Gasteiger partial charge is 0.508 e. The number of phenols is 1. The van der Waals surface area contributed by atoms with E-state index < -0.39 is 17.7 Å². The summed E-state index contributed by atoms with van der Waals surface area (Å²) in [4.78, 5) is 0. The van der Waals surface area contributed by atoms with Crippen molar-refractivity contribution in [2.45, 2.75) is 6.04 Å². The van der Waals surface area contributed by atoms with Crippen LogP contribution in [-0.4, -0.2) is 5.11 Å². The minimum absolute atomic E-state index is 0.137. The van der Waals surface area contributed by atoms with E-state index in [0.717, 1.165) is 12.1 Å². The van der Waals surface area contributed by atoms with Gasteiger partial charge in [0.15, 0.2) is 0 Å². The molecule has 0 heterocycles. The van der Waals surface area contributed by atoms with Crippen molar-refractivity contribution >= 4 is 5.69 Å². The van der Waals surface area contributed by atoms with E-state index in [1.54, 1.807) is 6.07 Å². The molecule has 0 spiro atoms. The van der Waals surface area contributed by atoms with E-state index >= 15 is 0 Å². The molecule has 3 nitrogen and oxygen atoms in total. The van der Waals surface area contributed by atoms with Crippen molar-refractivity contribution < 1.29 is 13.9 Å². The Morgan fingerprint density at radius 2 is 1.89 bits per heavy atom. The second-order valence-corrected chi connectivity index (χ2v) is 3.93. The molecule has 0 aliphatic heterocycles. The molecule has 0 aromatic heterocycles. The molecule has 2 N–H and O–H groups in total. The number of nitrogens with zero attached hydrogens (tertiary/aromatic N) is 1. The molecule has 1 atom stereocenters. The summed E-state index contributed by atoms with van der Waals surface area (Å²) in [6.07, 6.45) is 0. The summed E-state index contributed by atoms with van der Waals surface area (Å²) in [5.74, 6) is -1.46. The zero-order valence-electron chi connectivity index (χ0n) is 9.77. The lowest BCUT2D eigenvalue weighted by molar-refractivity contribution is 0.468. The van der Waals surface area contributed by atoms with Crippen molar-refractivity contribution in [2.75, 3.05) is 5.32 Å². The van der Waals surface area contributed by atoms with Crippen LogP contribution in [0, 0.1) is 23.0 Å². The van der Waals surface area contributed by atoms with Gasteiger partial charge in [0, 0.05) is 6.07 Å². The number of hydrogen-bond acceptors (Lipinski definition) is 3. The van der Waals surface area contributed by atoms with Gasteiger partial charge >= 0.3 is 0 Å². The van der Waals surface area contributed by atoms with Gasteiger partial charge in [-0.3, -0.25) is 0 Å². The molecule has 0 amide bonds. The lowest BCUT2D eigenvalue weighted by Gasteiger charge is -2.14. The monoisotopic (exact) mass is 260 g/mol. The minimum atomic E-state index is -0.960. The fraction of sp³-hybridized carbons (Fsp3) is 0.0714. The van der Waals surface area contributed by atoms with Gasteiger partial charge in [0.1, 0.15) is 23.4 Å². The molecule has 5 heteroatoms. The normalized spacial score (nSPS) is 11.6. The third-order valence-corrected chi connectivity index (χ3v) is 2.54. The molecule has 0 fully saturated rings. The summed E-state index contributed by atoms with van der Waals surface area (Å²) >= 11 is 0. The van der Waals surface area contributed by atoms with Crippen molar-refractivity contribution in [1.29, 1.82) is 5.26 Å². The summed E-state index contributed by atoms with van der Waals surface area (Å²) in [5.41, 5.74) is 0.362. The lowest BCUT2D eigenvalue weighted by Crippen LogP contribution is -2.09. The highest BCUT2D eigenvalue weighted by Gasteiger charge is 2.14. The van der Waals surface area contributed by atoms with Crippen molar-refractivity contribution in [1.82, 2.24) is 0 Å². The Labute approximate surface area is 108 Å². The Kier molecular flexibility index (Phi) is 3.62. The zero-order valence-corrected chi connectivity index (χ0v) is 9.77. The van der Waals surface area contributed by atoms with Gasteiger partial charge in [-0.2, -0.15) is 5.26 Å². The number of hydrogen-bond donors (Lipinski definition) is 2. The Morgan fingerprint density at radius 3 is 2.53 bits per heavy atom. The Balaban J connectivity index is 2.31. The van der Waals surface area contributed by atoms with Crippen LogP contribution >= 0.6 is 0 Å². The van der Waals surface area contributed by atoms with Gasteiger partial charge in [-0.15, -0.1) is 0 Å². The van der Waals surface area contributed by atoms with Crippen LogP contribution < -0.4 is 5.32 Å². The van der Waals surface area contributed by atoms with E-state index in [1.807, 2.05) is 6.07 Å². The summed E-state index contributed by atoms with van der Waals surface area (Å²) in [7, 11) is 0. The van der Waals surface area contributed by atoms with E-state index in [1.165, 1.54) is 24.3 Å². The van der Waals surface area contributed by atoms with Gasteiger partial charge in [0.2, 0.25) is 0 Å². The smallest absolute Gasteiger partial charge is 0.146 e. The molecule has 0 aliphatic rings. The first-order valence-electron chi connectivity index (χ1n) is 5.50. The topological polar surface area (TPSA) is 56.0 Å². The molecule has 19 heavy (non-hydrogen) atoms. The maximum atomic E-state index is 13.5. The van der Waals surface area contributed by atoms with Crippen LogP contribution in [0.3, 0.4) is 0 Å². The maximum absolute atomic E-state index is 13.5. The quantitative estimate of drug-likeness (QED) is 0.889.